The lowest BCUT2D eigenvalue weighted by Crippen LogP contribution is -2.15. The maximum atomic E-state index is 12.4. The van der Waals surface area contributed by atoms with Gasteiger partial charge in [-0.25, -0.2) is 9.78 Å². The van der Waals surface area contributed by atoms with Gasteiger partial charge in [-0.3, -0.25) is 4.79 Å². The first-order valence-corrected chi connectivity index (χ1v) is 10.0. The van der Waals surface area contributed by atoms with Gasteiger partial charge >= 0.3 is 5.97 Å². The number of anilines is 1. The lowest BCUT2D eigenvalue weighted by Gasteiger charge is -2.15. The van der Waals surface area contributed by atoms with Gasteiger partial charge < -0.3 is 19.9 Å². The number of nitrogens with one attached hydrogen (secondary N) is 1. The van der Waals surface area contributed by atoms with Crippen LogP contribution in [0, 0.1) is 0 Å². The van der Waals surface area contributed by atoms with Crippen molar-refractivity contribution in [2.75, 3.05) is 5.32 Å². The quantitative estimate of drug-likeness (QED) is 0.481. The van der Waals surface area contributed by atoms with E-state index in [1.807, 2.05) is 12.1 Å². The number of carboxylic acids is 1. The number of para-hydroxylation sites is 1. The van der Waals surface area contributed by atoms with Gasteiger partial charge in [0.1, 0.15) is 11.5 Å². The number of rotatable bonds is 9. The number of ether oxygens (including phenoxy) is 2. The van der Waals surface area contributed by atoms with Crippen molar-refractivity contribution in [3.8, 4) is 17.4 Å². The molecule has 1 heterocycles. The number of carbonyl (C=O) groups is 2. The SMILES string of the molecule is CCC(CC)Oc1ccc(Oc2ccc(C(=O)Nc3ccccc3C(=O)O)cn2)cc1. The second-order valence-electron chi connectivity index (χ2n) is 6.82. The van der Waals surface area contributed by atoms with Crippen LogP contribution >= 0.6 is 0 Å². The first-order valence-electron chi connectivity index (χ1n) is 10.0. The van der Waals surface area contributed by atoms with E-state index in [2.05, 4.69) is 24.1 Å². The van der Waals surface area contributed by atoms with Crippen LogP contribution in [0.15, 0.2) is 66.9 Å². The summed E-state index contributed by atoms with van der Waals surface area (Å²) in [5.41, 5.74) is 0.512. The van der Waals surface area contributed by atoms with Crippen LogP contribution < -0.4 is 14.8 Å². The molecule has 31 heavy (non-hydrogen) atoms. The van der Waals surface area contributed by atoms with Crippen LogP contribution in [0.25, 0.3) is 0 Å². The zero-order valence-corrected chi connectivity index (χ0v) is 17.4. The molecule has 0 aliphatic carbocycles. The molecule has 0 saturated heterocycles. The van der Waals surface area contributed by atoms with E-state index in [1.54, 1.807) is 36.4 Å². The highest BCUT2D eigenvalue weighted by molar-refractivity contribution is 6.07. The van der Waals surface area contributed by atoms with Gasteiger partial charge in [0.15, 0.2) is 0 Å². The smallest absolute Gasteiger partial charge is 0.337 e. The van der Waals surface area contributed by atoms with Crippen LogP contribution in [-0.2, 0) is 0 Å². The molecule has 160 valence electrons. The normalized spacial score (nSPS) is 10.5. The molecule has 7 nitrogen and oxygen atoms in total. The van der Waals surface area contributed by atoms with Crippen molar-refractivity contribution in [2.24, 2.45) is 0 Å². The molecule has 0 spiro atoms. The van der Waals surface area contributed by atoms with Gasteiger partial charge in [-0.1, -0.05) is 26.0 Å². The van der Waals surface area contributed by atoms with Gasteiger partial charge in [-0.15, -0.1) is 0 Å². The molecule has 0 atom stereocenters. The number of pyridine rings is 1. The van der Waals surface area contributed by atoms with E-state index in [1.165, 1.54) is 18.3 Å². The van der Waals surface area contributed by atoms with Crippen LogP contribution in [0.5, 0.6) is 17.4 Å². The summed E-state index contributed by atoms with van der Waals surface area (Å²) in [6.45, 7) is 4.18. The fourth-order valence-corrected chi connectivity index (χ4v) is 2.90. The Morgan fingerprint density at radius 3 is 2.26 bits per heavy atom. The molecule has 2 aromatic carbocycles. The van der Waals surface area contributed by atoms with Crippen molar-refractivity contribution in [2.45, 2.75) is 32.8 Å². The summed E-state index contributed by atoms with van der Waals surface area (Å²) in [5, 5.41) is 11.8. The van der Waals surface area contributed by atoms with E-state index in [0.29, 0.717) is 11.6 Å². The van der Waals surface area contributed by atoms with Crippen LogP contribution in [0.2, 0.25) is 0 Å². The predicted octanol–water partition coefficient (Wildman–Crippen LogP) is 5.39. The van der Waals surface area contributed by atoms with E-state index in [4.69, 9.17) is 9.47 Å². The van der Waals surface area contributed by atoms with Gasteiger partial charge in [-0.05, 0) is 55.3 Å². The minimum atomic E-state index is -1.12. The van der Waals surface area contributed by atoms with E-state index < -0.39 is 11.9 Å². The Kier molecular flexibility index (Phi) is 7.22. The van der Waals surface area contributed by atoms with Crippen molar-refractivity contribution >= 4 is 17.6 Å². The highest BCUT2D eigenvalue weighted by atomic mass is 16.5. The Hall–Kier alpha value is -3.87. The standard InChI is InChI=1S/C24H24N2O5/c1-3-17(4-2)30-18-10-12-19(13-11-18)31-22-14-9-16(15-25-22)23(27)26-21-8-6-5-7-20(21)24(28)29/h5-15,17H,3-4H2,1-2H3,(H,26,27)(H,28,29). The van der Waals surface area contributed by atoms with Crippen molar-refractivity contribution in [3.05, 3.63) is 78.0 Å². The molecule has 0 bridgehead atoms. The Balaban J connectivity index is 1.62. The molecule has 0 aliphatic heterocycles. The van der Waals surface area contributed by atoms with Crippen molar-refractivity contribution in [1.29, 1.82) is 0 Å². The zero-order valence-electron chi connectivity index (χ0n) is 17.4. The molecule has 0 unspecified atom stereocenters. The minimum absolute atomic E-state index is 0.0142. The third-order valence-corrected chi connectivity index (χ3v) is 4.66. The first kappa shape index (κ1) is 21.8. The number of nitrogens with zero attached hydrogens (tertiary/aromatic N) is 1. The van der Waals surface area contributed by atoms with Crippen LogP contribution in [0.3, 0.4) is 0 Å². The highest BCUT2D eigenvalue weighted by Gasteiger charge is 2.13. The van der Waals surface area contributed by atoms with E-state index in [-0.39, 0.29) is 22.9 Å². The number of aromatic carboxylic acids is 1. The topological polar surface area (TPSA) is 97.8 Å². The maximum Gasteiger partial charge on any atom is 0.337 e. The number of aromatic nitrogens is 1. The van der Waals surface area contributed by atoms with Gasteiger partial charge in [-0.2, -0.15) is 0 Å². The van der Waals surface area contributed by atoms with Crippen LogP contribution in [0.4, 0.5) is 5.69 Å². The zero-order chi connectivity index (χ0) is 22.2. The molecule has 7 heteroatoms. The third kappa shape index (κ3) is 5.82. The molecule has 0 aliphatic rings. The fraction of sp³-hybridized carbons (Fsp3) is 0.208. The molecule has 1 amide bonds. The molecule has 2 N–H and O–H groups in total. The van der Waals surface area contributed by atoms with E-state index in [9.17, 15) is 14.7 Å². The summed E-state index contributed by atoms with van der Waals surface area (Å²) < 4.78 is 11.6. The van der Waals surface area contributed by atoms with E-state index in [0.717, 1.165) is 18.6 Å². The molecule has 0 saturated carbocycles. The molecule has 0 radical (unpaired) electrons. The number of carboxylic acid groups (broad SMARTS) is 1. The fourth-order valence-electron chi connectivity index (χ4n) is 2.90. The van der Waals surface area contributed by atoms with Gasteiger partial charge in [0.25, 0.3) is 5.91 Å². The summed E-state index contributed by atoms with van der Waals surface area (Å²) in [4.78, 5) is 27.9. The van der Waals surface area contributed by atoms with Crippen molar-refractivity contribution in [1.82, 2.24) is 4.98 Å². The van der Waals surface area contributed by atoms with Crippen LogP contribution in [0.1, 0.15) is 47.4 Å². The lowest BCUT2D eigenvalue weighted by molar-refractivity contribution is 0.0698. The summed E-state index contributed by atoms with van der Waals surface area (Å²) in [6, 6.07) is 16.6. The summed E-state index contributed by atoms with van der Waals surface area (Å²) in [5.74, 6) is 0.126. The van der Waals surface area contributed by atoms with Crippen molar-refractivity contribution in [3.63, 3.8) is 0 Å². The molecular weight excluding hydrogens is 396 g/mol. The Morgan fingerprint density at radius 2 is 1.65 bits per heavy atom. The largest absolute Gasteiger partial charge is 0.490 e. The third-order valence-electron chi connectivity index (χ3n) is 4.66. The number of hydrogen-bond acceptors (Lipinski definition) is 5. The molecule has 3 aromatic rings. The minimum Gasteiger partial charge on any atom is -0.490 e. The molecular formula is C24H24N2O5. The highest BCUT2D eigenvalue weighted by Crippen LogP contribution is 2.24. The monoisotopic (exact) mass is 420 g/mol. The second-order valence-corrected chi connectivity index (χ2v) is 6.82. The Bertz CT molecular complexity index is 1030. The summed E-state index contributed by atoms with van der Waals surface area (Å²) in [7, 11) is 0. The average Bonchev–Trinajstić information content (AvgIpc) is 2.79. The van der Waals surface area contributed by atoms with Crippen molar-refractivity contribution < 1.29 is 24.2 Å². The number of hydrogen-bond donors (Lipinski definition) is 2. The Labute approximate surface area is 180 Å². The van der Waals surface area contributed by atoms with Crippen LogP contribution in [-0.4, -0.2) is 28.1 Å². The molecule has 3 rings (SSSR count). The first-order chi connectivity index (χ1) is 15.0. The maximum absolute atomic E-state index is 12.4. The summed E-state index contributed by atoms with van der Waals surface area (Å²) >= 11 is 0. The number of benzene rings is 2. The number of carbonyl (C=O) groups excluding carboxylic acids is 1. The molecule has 0 fully saturated rings. The molecule has 1 aromatic heterocycles. The van der Waals surface area contributed by atoms with Gasteiger partial charge in [0, 0.05) is 12.3 Å². The lowest BCUT2D eigenvalue weighted by atomic mass is 10.1. The second kappa shape index (κ2) is 10.2. The van der Waals surface area contributed by atoms with Gasteiger partial charge in [0.2, 0.25) is 5.88 Å². The predicted molar refractivity (Wildman–Crippen MR) is 117 cm³/mol. The number of amides is 1. The van der Waals surface area contributed by atoms with Gasteiger partial charge in [0.05, 0.1) is 22.9 Å². The Morgan fingerprint density at radius 1 is 0.968 bits per heavy atom. The van der Waals surface area contributed by atoms with E-state index >= 15 is 0 Å². The average molecular weight is 420 g/mol. The summed E-state index contributed by atoms with van der Waals surface area (Å²) in [6.07, 6.45) is 3.45.